The molecule has 2 saturated heterocycles. The van der Waals surface area contributed by atoms with Gasteiger partial charge in [-0.05, 0) is 74.8 Å². The van der Waals surface area contributed by atoms with Crippen molar-refractivity contribution in [2.24, 2.45) is 22.7 Å². The summed E-state index contributed by atoms with van der Waals surface area (Å²) < 4.78 is 0. The van der Waals surface area contributed by atoms with Crippen LogP contribution in [0.1, 0.15) is 77.6 Å². The molecular formula is C37H57N5O3S. The maximum atomic E-state index is 13.0. The number of nitrogens with one attached hydrogen (secondary N) is 1. The third-order valence-corrected chi connectivity index (χ3v) is 9.57. The molecule has 4 heterocycles. The molecule has 1 amide bonds. The van der Waals surface area contributed by atoms with E-state index >= 15 is 0 Å². The largest absolute Gasteiger partial charge is 0.396 e. The number of amides is 1. The topological polar surface area (TPSA) is 101 Å². The van der Waals surface area contributed by atoms with Gasteiger partial charge in [-0.1, -0.05) is 58.4 Å². The highest BCUT2D eigenvalue weighted by molar-refractivity contribution is 7.13. The smallest absolute Gasteiger partial charge is 0.230 e. The second-order valence-electron chi connectivity index (χ2n) is 12.6. The van der Waals surface area contributed by atoms with Crippen LogP contribution in [-0.4, -0.2) is 89.2 Å². The van der Waals surface area contributed by atoms with Crippen LogP contribution in [0.3, 0.4) is 0 Å². The predicted octanol–water partition coefficient (Wildman–Crippen LogP) is 5.96. The van der Waals surface area contributed by atoms with Crippen molar-refractivity contribution in [2.75, 3.05) is 46.4 Å². The Kier molecular flexibility index (Phi) is 17.2. The number of thiazole rings is 1. The molecule has 3 N–H and O–H groups in total. The molecule has 0 saturated carbocycles. The lowest BCUT2D eigenvalue weighted by atomic mass is 9.87. The molecule has 3 aliphatic rings. The van der Waals surface area contributed by atoms with E-state index in [9.17, 15) is 15.0 Å². The van der Waals surface area contributed by atoms with Gasteiger partial charge in [0.2, 0.25) is 5.91 Å². The predicted molar refractivity (Wildman–Crippen MR) is 193 cm³/mol. The van der Waals surface area contributed by atoms with Crippen LogP contribution in [0.5, 0.6) is 0 Å². The van der Waals surface area contributed by atoms with E-state index in [2.05, 4.69) is 105 Å². The summed E-state index contributed by atoms with van der Waals surface area (Å²) in [6, 6.07) is 9.09. The van der Waals surface area contributed by atoms with Gasteiger partial charge in [0.1, 0.15) is 5.84 Å². The molecule has 2 unspecified atom stereocenters. The summed E-state index contributed by atoms with van der Waals surface area (Å²) in [4.78, 5) is 27.3. The van der Waals surface area contributed by atoms with Crippen LogP contribution >= 0.6 is 11.3 Å². The Morgan fingerprint density at radius 2 is 1.72 bits per heavy atom. The third kappa shape index (κ3) is 11.0. The number of terminal acetylenes is 1. The molecule has 0 radical (unpaired) electrons. The maximum Gasteiger partial charge on any atom is 0.230 e. The van der Waals surface area contributed by atoms with Crippen LogP contribution in [0.4, 0.5) is 0 Å². The summed E-state index contributed by atoms with van der Waals surface area (Å²) in [5, 5.41) is 22.3. The van der Waals surface area contributed by atoms with Crippen molar-refractivity contribution in [3.8, 4) is 23.3 Å². The van der Waals surface area contributed by atoms with Gasteiger partial charge in [0.15, 0.2) is 0 Å². The summed E-state index contributed by atoms with van der Waals surface area (Å²) in [5.74, 6) is 1.60. The van der Waals surface area contributed by atoms with E-state index in [0.717, 1.165) is 43.0 Å². The zero-order valence-corrected chi connectivity index (χ0v) is 29.9. The van der Waals surface area contributed by atoms with Crippen LogP contribution < -0.4 is 5.32 Å². The summed E-state index contributed by atoms with van der Waals surface area (Å²) in [5.41, 5.74) is 6.68. The molecule has 9 heteroatoms. The Balaban J connectivity index is 0.000000301. The number of aliphatic imine (C=N–C) groups is 1. The number of likely N-dealkylation sites (tertiary alicyclic amines) is 2. The molecule has 0 spiro atoms. The average molecular weight is 652 g/mol. The van der Waals surface area contributed by atoms with E-state index in [1.807, 2.05) is 12.6 Å². The number of aromatic nitrogens is 1. The van der Waals surface area contributed by atoms with Crippen molar-refractivity contribution in [1.82, 2.24) is 20.1 Å². The van der Waals surface area contributed by atoms with Crippen LogP contribution in [0, 0.1) is 37.5 Å². The SMILES string of the molecule is C#C.CC(C)C(C(=O)N1CCC(O)C1)C1=CC(N2CCC(CO)CC2)=NC1.CCC.CN[C@@H](C)c1ccc(-c2scnc2C)cc1. The van der Waals surface area contributed by atoms with E-state index < -0.39 is 0 Å². The van der Waals surface area contributed by atoms with Crippen LogP contribution in [-0.2, 0) is 4.79 Å². The second-order valence-corrected chi connectivity index (χ2v) is 13.4. The van der Waals surface area contributed by atoms with Crippen molar-refractivity contribution in [2.45, 2.75) is 79.4 Å². The van der Waals surface area contributed by atoms with Crippen molar-refractivity contribution in [1.29, 1.82) is 0 Å². The Morgan fingerprint density at radius 3 is 2.20 bits per heavy atom. The molecule has 1 aromatic heterocycles. The fourth-order valence-corrected chi connectivity index (χ4v) is 6.64. The summed E-state index contributed by atoms with van der Waals surface area (Å²) >= 11 is 1.70. The molecule has 5 rings (SSSR count). The van der Waals surface area contributed by atoms with Gasteiger partial charge >= 0.3 is 0 Å². The first-order chi connectivity index (χ1) is 22.1. The lowest BCUT2D eigenvalue weighted by Gasteiger charge is -2.32. The van der Waals surface area contributed by atoms with E-state index in [0.29, 0.717) is 38.0 Å². The van der Waals surface area contributed by atoms with Crippen LogP contribution in [0.2, 0.25) is 0 Å². The zero-order chi connectivity index (χ0) is 34.2. The summed E-state index contributed by atoms with van der Waals surface area (Å²) in [6.07, 6.45) is 13.6. The van der Waals surface area contributed by atoms with E-state index in [-0.39, 0.29) is 30.5 Å². The number of carbonyl (C=O) groups is 1. The molecule has 3 atom stereocenters. The number of piperidine rings is 1. The van der Waals surface area contributed by atoms with Crippen molar-refractivity contribution in [3.63, 3.8) is 0 Å². The number of amidine groups is 1. The van der Waals surface area contributed by atoms with Gasteiger partial charge in [-0.2, -0.15) is 0 Å². The highest BCUT2D eigenvalue weighted by atomic mass is 32.1. The molecule has 2 fully saturated rings. The summed E-state index contributed by atoms with van der Waals surface area (Å²) in [6.45, 7) is 16.5. The Bertz CT molecular complexity index is 1260. The number of rotatable bonds is 7. The van der Waals surface area contributed by atoms with Gasteiger partial charge in [0.25, 0.3) is 0 Å². The highest BCUT2D eigenvalue weighted by Crippen LogP contribution is 2.30. The summed E-state index contributed by atoms with van der Waals surface area (Å²) in [7, 11) is 1.98. The number of benzene rings is 1. The monoisotopic (exact) mass is 651 g/mol. The van der Waals surface area contributed by atoms with Gasteiger partial charge in [0.05, 0.1) is 34.6 Å². The van der Waals surface area contributed by atoms with Crippen molar-refractivity contribution in [3.05, 3.63) is 52.7 Å². The fourth-order valence-electron chi connectivity index (χ4n) is 5.83. The van der Waals surface area contributed by atoms with Crippen molar-refractivity contribution < 1.29 is 15.0 Å². The second kappa shape index (κ2) is 20.3. The number of β-amino-alcohol motifs (C(OH)–C–C–N with tert-alkyl or cyclic N) is 1. The fraction of sp³-hybridized carbons (Fsp3) is 0.595. The van der Waals surface area contributed by atoms with E-state index in [1.54, 1.807) is 16.2 Å². The van der Waals surface area contributed by atoms with Crippen molar-refractivity contribution >= 4 is 23.1 Å². The standard InChI is InChI=1S/C19H31N3O3.C13H16N2S.C3H8.C2H2/c1-13(2)18(19(25)22-8-5-16(24)11-22)15-9-17(20-10-15)21-6-3-14(12-23)4-7-21;1-9(14-3)11-4-6-12(7-5-11)13-10(2)15-8-16-13;1-3-2;1-2/h9,13-14,16,18,23-24H,3-8,10-12H2,1-2H3;4-9,14H,1-3H3;3H2,1-2H3;1-2H/t;9-;;/m.0../s1. The molecular weight excluding hydrogens is 595 g/mol. The molecule has 8 nitrogen and oxygen atoms in total. The van der Waals surface area contributed by atoms with Crippen LogP contribution in [0.15, 0.2) is 46.4 Å². The molecule has 46 heavy (non-hydrogen) atoms. The molecule has 2 aromatic rings. The first-order valence-corrected chi connectivity index (χ1v) is 17.6. The van der Waals surface area contributed by atoms with Gasteiger partial charge in [-0.3, -0.25) is 9.79 Å². The first-order valence-electron chi connectivity index (χ1n) is 16.7. The maximum absolute atomic E-state index is 13.0. The molecule has 254 valence electrons. The highest BCUT2D eigenvalue weighted by Gasteiger charge is 2.35. The zero-order valence-electron chi connectivity index (χ0n) is 29.1. The Labute approximate surface area is 282 Å². The molecule has 1 aromatic carbocycles. The number of aliphatic hydroxyl groups excluding tert-OH is 2. The Morgan fingerprint density at radius 1 is 1.09 bits per heavy atom. The molecule has 0 aliphatic carbocycles. The van der Waals surface area contributed by atoms with Crippen LogP contribution in [0.25, 0.3) is 10.4 Å². The third-order valence-electron chi connectivity index (χ3n) is 8.59. The van der Waals surface area contributed by atoms with E-state index in [4.69, 9.17) is 0 Å². The number of carbonyl (C=O) groups excluding carboxylic acids is 1. The van der Waals surface area contributed by atoms with Gasteiger partial charge in [-0.25, -0.2) is 4.98 Å². The number of aliphatic hydroxyl groups is 2. The van der Waals surface area contributed by atoms with E-state index in [1.165, 1.54) is 22.4 Å². The minimum atomic E-state index is -0.381. The number of hydrogen-bond donors (Lipinski definition) is 3. The molecule has 0 bridgehead atoms. The average Bonchev–Trinajstić information content (AvgIpc) is 3.84. The minimum Gasteiger partial charge on any atom is -0.396 e. The number of aryl methyl sites for hydroxylation is 1. The minimum absolute atomic E-state index is 0.133. The van der Waals surface area contributed by atoms with Gasteiger partial charge in [0, 0.05) is 38.8 Å². The lowest BCUT2D eigenvalue weighted by molar-refractivity contribution is -0.134. The number of nitrogens with zero attached hydrogens (tertiary/aromatic N) is 4. The normalized spacial score (nSPS) is 19.1. The Hall–Kier alpha value is -3.03. The van der Waals surface area contributed by atoms with Gasteiger partial charge in [-0.15, -0.1) is 24.2 Å². The quantitative estimate of drug-likeness (QED) is 0.320. The van der Waals surface area contributed by atoms with Gasteiger partial charge < -0.3 is 25.3 Å². The first kappa shape index (κ1) is 39.1. The number of hydrogen-bond acceptors (Lipinski definition) is 8. The lowest BCUT2D eigenvalue weighted by Crippen LogP contribution is -2.39. The molecule has 3 aliphatic heterocycles.